The van der Waals surface area contributed by atoms with Gasteiger partial charge in [0.2, 0.25) is 0 Å². The van der Waals surface area contributed by atoms with Crippen LogP contribution in [0, 0.1) is 12.5 Å². The summed E-state index contributed by atoms with van der Waals surface area (Å²) in [4.78, 5) is 2.21. The second-order valence-corrected chi connectivity index (χ2v) is 5.87. The summed E-state index contributed by atoms with van der Waals surface area (Å²) >= 11 is 0. The van der Waals surface area contributed by atoms with Crippen molar-refractivity contribution < 1.29 is 78.4 Å². The van der Waals surface area contributed by atoms with Crippen LogP contribution in [-0.4, -0.2) is 13.3 Å². The van der Waals surface area contributed by atoms with Gasteiger partial charge in [-0.05, 0) is 24.1 Å². The van der Waals surface area contributed by atoms with Crippen molar-refractivity contribution >= 4 is 5.69 Å². The molecule has 1 fully saturated rings. The van der Waals surface area contributed by atoms with Gasteiger partial charge in [-0.15, -0.1) is 5.92 Å². The van der Waals surface area contributed by atoms with Crippen molar-refractivity contribution in [2.24, 2.45) is 5.92 Å². The van der Waals surface area contributed by atoms with Crippen LogP contribution >= 0.6 is 0 Å². The maximum atomic E-state index is 5.91. The van der Waals surface area contributed by atoms with Gasteiger partial charge in [-0.25, -0.2) is 6.61 Å². The largest absolute Gasteiger partial charge is 1.00 e. The van der Waals surface area contributed by atoms with Crippen LogP contribution in [0.3, 0.4) is 0 Å². The van der Waals surface area contributed by atoms with Gasteiger partial charge in [0.15, 0.2) is 6.29 Å². The van der Waals surface area contributed by atoms with E-state index in [1.165, 1.54) is 5.56 Å². The van der Waals surface area contributed by atoms with Crippen LogP contribution in [0.25, 0.3) is 0 Å². The molecular weight excluding hydrogens is 407 g/mol. The molecule has 23 heavy (non-hydrogen) atoms. The summed E-state index contributed by atoms with van der Waals surface area (Å²) in [6, 6.07) is 18.6. The Bertz CT molecular complexity index is 605. The summed E-state index contributed by atoms with van der Waals surface area (Å²) in [6.45, 7) is 4.86. The number of anilines is 1. The predicted octanol–water partition coefficient (Wildman–Crippen LogP) is 1.25. The second-order valence-electron chi connectivity index (χ2n) is 5.87. The zero-order valence-electron chi connectivity index (χ0n) is 14.1. The molecule has 2 atom stereocenters. The van der Waals surface area contributed by atoms with E-state index in [4.69, 9.17) is 9.47 Å². The van der Waals surface area contributed by atoms with Crippen molar-refractivity contribution in [3.05, 3.63) is 66.8 Å². The third-order valence-electron chi connectivity index (χ3n) is 3.82. The third-order valence-corrected chi connectivity index (χ3v) is 3.82. The van der Waals surface area contributed by atoms with Crippen molar-refractivity contribution in [1.29, 1.82) is 0 Å². The van der Waals surface area contributed by atoms with E-state index in [-0.39, 0.29) is 75.2 Å². The van der Waals surface area contributed by atoms with Crippen LogP contribution in [0.1, 0.15) is 18.9 Å². The monoisotopic (exact) mass is 429 g/mol. The quantitative estimate of drug-likeness (QED) is 0.669. The van der Waals surface area contributed by atoms with Crippen LogP contribution < -0.4 is 78.5 Å². The molecular formula is C19H22CsNO2. The van der Waals surface area contributed by atoms with Crippen LogP contribution in [0.5, 0.6) is 5.75 Å². The Hall–Kier alpha value is 0.0519. The topological polar surface area (TPSA) is 21.7 Å². The first-order valence-electron chi connectivity index (χ1n) is 7.71. The Labute approximate surface area is 197 Å². The van der Waals surface area contributed by atoms with Gasteiger partial charge in [-0.1, -0.05) is 43.3 Å². The molecule has 0 N–H and O–H groups in total. The fourth-order valence-electron chi connectivity index (χ4n) is 2.61. The van der Waals surface area contributed by atoms with Gasteiger partial charge in [0, 0.05) is 25.3 Å². The van der Waals surface area contributed by atoms with Crippen LogP contribution in [0.15, 0.2) is 54.6 Å². The van der Waals surface area contributed by atoms with Crippen LogP contribution in [0.2, 0.25) is 0 Å². The van der Waals surface area contributed by atoms with Gasteiger partial charge in [-0.3, -0.25) is 0 Å². The number of ether oxygens (including phenoxy) is 2. The smallest absolute Gasteiger partial charge is 0.520 e. The molecule has 2 aromatic rings. The SMILES string of the molecule is C[C@H]1[CH-]OC(Oc2cccc(N(C)Cc3ccccc3)c2)C1.[Cs+]. The molecule has 3 rings (SSSR count). The molecule has 0 aromatic heterocycles. The number of hydrogen-bond donors (Lipinski definition) is 0. The summed E-state index contributed by atoms with van der Waals surface area (Å²) in [5.41, 5.74) is 2.43. The van der Waals surface area contributed by atoms with Crippen molar-refractivity contribution in [2.45, 2.75) is 26.2 Å². The van der Waals surface area contributed by atoms with Crippen molar-refractivity contribution in [3.63, 3.8) is 0 Å². The van der Waals surface area contributed by atoms with Gasteiger partial charge in [0.25, 0.3) is 0 Å². The van der Waals surface area contributed by atoms with Crippen LogP contribution in [-0.2, 0) is 11.3 Å². The first-order valence-corrected chi connectivity index (χ1v) is 7.71. The molecule has 0 saturated carbocycles. The number of hydrogen-bond acceptors (Lipinski definition) is 3. The average Bonchev–Trinajstić information content (AvgIpc) is 2.93. The molecule has 3 nitrogen and oxygen atoms in total. The van der Waals surface area contributed by atoms with E-state index in [1.807, 2.05) is 24.8 Å². The fraction of sp³-hybridized carbons (Fsp3) is 0.316. The molecule has 1 unspecified atom stereocenters. The predicted molar refractivity (Wildman–Crippen MR) is 88.6 cm³/mol. The van der Waals surface area contributed by atoms with Gasteiger partial charge >= 0.3 is 68.9 Å². The van der Waals surface area contributed by atoms with Gasteiger partial charge < -0.3 is 14.4 Å². The maximum absolute atomic E-state index is 5.91. The van der Waals surface area contributed by atoms with E-state index in [0.29, 0.717) is 5.92 Å². The minimum absolute atomic E-state index is 0. The summed E-state index contributed by atoms with van der Waals surface area (Å²) in [5, 5.41) is 0. The molecule has 1 aliphatic heterocycles. The van der Waals surface area contributed by atoms with Gasteiger partial charge in [0.1, 0.15) is 5.75 Å². The molecule has 1 saturated heterocycles. The van der Waals surface area contributed by atoms with Gasteiger partial charge in [-0.2, -0.15) is 0 Å². The zero-order chi connectivity index (χ0) is 15.4. The standard InChI is InChI=1S/C19H22NO2.Cs/c1-15-11-19(21-14-15)22-18-10-6-9-17(12-18)20(2)13-16-7-4-3-5-8-16;/h3-10,12,14-15,19H,11,13H2,1-2H3;/q-1;+1/t15-,19?;/m1./s1. The van der Waals surface area contributed by atoms with E-state index < -0.39 is 0 Å². The molecule has 0 bridgehead atoms. The number of rotatable bonds is 5. The Morgan fingerprint density at radius 1 is 1.17 bits per heavy atom. The Kier molecular flexibility index (Phi) is 8.01. The Morgan fingerprint density at radius 3 is 2.65 bits per heavy atom. The number of benzene rings is 2. The van der Waals surface area contributed by atoms with E-state index in [0.717, 1.165) is 24.4 Å². The van der Waals surface area contributed by atoms with Crippen molar-refractivity contribution in [3.8, 4) is 5.75 Å². The van der Waals surface area contributed by atoms with E-state index >= 15 is 0 Å². The first kappa shape index (κ1) is 19.4. The third kappa shape index (κ3) is 5.81. The minimum Gasteiger partial charge on any atom is -0.520 e. The molecule has 116 valence electrons. The molecule has 0 radical (unpaired) electrons. The molecule has 2 aromatic carbocycles. The van der Waals surface area contributed by atoms with Crippen molar-refractivity contribution in [1.82, 2.24) is 0 Å². The number of nitrogens with zero attached hydrogens (tertiary/aromatic N) is 1. The minimum atomic E-state index is -0.162. The summed E-state index contributed by atoms with van der Waals surface area (Å²) in [5.74, 6) is 1.30. The molecule has 4 heteroatoms. The zero-order valence-corrected chi connectivity index (χ0v) is 20.4. The molecule has 0 spiro atoms. The normalized spacial score (nSPS) is 19.9. The molecule has 1 heterocycles. The Morgan fingerprint density at radius 2 is 1.96 bits per heavy atom. The molecule has 1 aliphatic rings. The molecule has 0 amide bonds. The summed E-state index contributed by atoms with van der Waals surface area (Å²) < 4.78 is 11.4. The second kappa shape index (κ2) is 9.51. The van der Waals surface area contributed by atoms with E-state index in [9.17, 15) is 0 Å². The van der Waals surface area contributed by atoms with Crippen LogP contribution in [0.4, 0.5) is 5.69 Å². The molecule has 0 aliphatic carbocycles. The van der Waals surface area contributed by atoms with Gasteiger partial charge in [0.05, 0.1) is 0 Å². The first-order chi connectivity index (χ1) is 10.7. The van der Waals surface area contributed by atoms with E-state index in [1.54, 1.807) is 0 Å². The fourth-order valence-corrected chi connectivity index (χ4v) is 2.61. The Balaban J connectivity index is 0.00000192. The summed E-state index contributed by atoms with van der Waals surface area (Å²) in [6.07, 6.45) is 0.744. The average molecular weight is 429 g/mol. The van der Waals surface area contributed by atoms with Crippen molar-refractivity contribution in [2.75, 3.05) is 11.9 Å². The maximum Gasteiger partial charge on any atom is 1.00 e. The summed E-state index contributed by atoms with van der Waals surface area (Å²) in [7, 11) is 2.09. The van der Waals surface area contributed by atoms with E-state index in [2.05, 4.69) is 55.3 Å².